The highest BCUT2D eigenvalue weighted by atomic mass is 79.9. The van der Waals surface area contributed by atoms with Gasteiger partial charge in [-0.25, -0.2) is 5.43 Å². The number of carbonyl (C=O) groups excluding carboxylic acids is 1. The Hall–Kier alpha value is -4.03. The van der Waals surface area contributed by atoms with Crippen LogP contribution in [0.25, 0.3) is 5.69 Å². The van der Waals surface area contributed by atoms with Crippen molar-refractivity contribution in [1.29, 1.82) is 0 Å². The van der Waals surface area contributed by atoms with Gasteiger partial charge in [0.1, 0.15) is 18.1 Å². The maximum atomic E-state index is 12.8. The Balaban J connectivity index is 1.24. The highest BCUT2D eigenvalue weighted by Gasteiger charge is 2.18. The number of thioether (sulfide) groups is 1. The van der Waals surface area contributed by atoms with E-state index in [1.807, 2.05) is 72.8 Å². The lowest BCUT2D eigenvalue weighted by molar-refractivity contribution is -0.118. The van der Waals surface area contributed by atoms with Crippen LogP contribution in [0.3, 0.4) is 0 Å². The van der Waals surface area contributed by atoms with Crippen molar-refractivity contribution in [3.05, 3.63) is 122 Å². The van der Waals surface area contributed by atoms with Crippen molar-refractivity contribution in [2.24, 2.45) is 5.10 Å². The van der Waals surface area contributed by atoms with Crippen molar-refractivity contribution >= 4 is 68.7 Å². The third-order valence-corrected chi connectivity index (χ3v) is 8.34. The molecule has 0 fully saturated rings. The van der Waals surface area contributed by atoms with Crippen molar-refractivity contribution < 1.29 is 14.3 Å². The van der Waals surface area contributed by atoms with Crippen LogP contribution in [0.15, 0.2) is 106 Å². The molecule has 13 heteroatoms. The molecule has 0 bridgehead atoms. The van der Waals surface area contributed by atoms with Gasteiger partial charge in [0.05, 0.1) is 42.0 Å². The van der Waals surface area contributed by atoms with Crippen molar-refractivity contribution in [3.63, 3.8) is 0 Å². The van der Waals surface area contributed by atoms with Crippen LogP contribution in [0, 0.1) is 0 Å². The van der Waals surface area contributed by atoms with Gasteiger partial charge in [-0.2, -0.15) is 5.10 Å². The number of hydrazone groups is 1. The van der Waals surface area contributed by atoms with Crippen molar-refractivity contribution in [3.8, 4) is 17.2 Å². The molecule has 9 nitrogen and oxygen atoms in total. The number of nitrogens with zero attached hydrogens (tertiary/aromatic N) is 4. The summed E-state index contributed by atoms with van der Waals surface area (Å²) in [6.07, 6.45) is 1.55. The average molecular weight is 726 g/mol. The number of ether oxygens (including phenoxy) is 2. The maximum Gasteiger partial charge on any atom is 0.250 e. The van der Waals surface area contributed by atoms with Crippen LogP contribution in [0.1, 0.15) is 17.0 Å². The number of rotatable bonds is 13. The highest BCUT2D eigenvalue weighted by Crippen LogP contribution is 2.30. The number of benzene rings is 4. The summed E-state index contributed by atoms with van der Waals surface area (Å²) in [5.74, 6) is 1.62. The van der Waals surface area contributed by atoms with E-state index >= 15 is 0 Å². The van der Waals surface area contributed by atoms with E-state index < -0.39 is 0 Å². The van der Waals surface area contributed by atoms with Crippen LogP contribution in [0.4, 0.5) is 5.69 Å². The molecule has 5 aromatic rings. The van der Waals surface area contributed by atoms with E-state index in [4.69, 9.17) is 32.7 Å². The summed E-state index contributed by atoms with van der Waals surface area (Å²) in [7, 11) is 1.61. The molecule has 1 amide bonds. The Labute approximate surface area is 283 Å². The summed E-state index contributed by atoms with van der Waals surface area (Å²) in [5, 5.41) is 17.6. The number of anilines is 1. The maximum absolute atomic E-state index is 12.8. The first-order chi connectivity index (χ1) is 21.9. The summed E-state index contributed by atoms with van der Waals surface area (Å²) in [6, 6.07) is 28.1. The molecule has 0 aliphatic carbocycles. The third-order valence-electron chi connectivity index (χ3n) is 6.35. The monoisotopic (exact) mass is 724 g/mol. The van der Waals surface area contributed by atoms with Crippen LogP contribution < -0.4 is 20.2 Å². The normalized spacial score (nSPS) is 11.0. The molecule has 2 N–H and O–H groups in total. The SMILES string of the molecule is COc1ccccc1NCc1nnc(SCC(=O)N/N=C/c2ccccc2OCc2ccc(Br)cc2)n1-c1ccc(Cl)cc1Cl. The van der Waals surface area contributed by atoms with Gasteiger partial charge in [-0.15, -0.1) is 10.2 Å². The number of aromatic nitrogens is 3. The zero-order chi connectivity index (χ0) is 31.6. The van der Waals surface area contributed by atoms with E-state index in [0.29, 0.717) is 51.4 Å². The molecular formula is C32H27BrCl2N6O3S. The van der Waals surface area contributed by atoms with Crippen molar-refractivity contribution in [2.45, 2.75) is 18.3 Å². The van der Waals surface area contributed by atoms with Gasteiger partial charge < -0.3 is 14.8 Å². The Morgan fingerprint density at radius 3 is 2.53 bits per heavy atom. The number of nitrogens with one attached hydrogen (secondary N) is 2. The van der Waals surface area contributed by atoms with Crippen LogP contribution >= 0.6 is 50.9 Å². The lowest BCUT2D eigenvalue weighted by Gasteiger charge is -2.14. The predicted octanol–water partition coefficient (Wildman–Crippen LogP) is 7.78. The van der Waals surface area contributed by atoms with Gasteiger partial charge in [0, 0.05) is 15.1 Å². The zero-order valence-corrected chi connectivity index (χ0v) is 27.8. The molecule has 0 saturated heterocycles. The number of hydrogen-bond acceptors (Lipinski definition) is 8. The van der Waals surface area contributed by atoms with Gasteiger partial charge in [0.15, 0.2) is 11.0 Å². The minimum atomic E-state index is -0.324. The number of halogens is 3. The second-order valence-electron chi connectivity index (χ2n) is 9.42. The highest BCUT2D eigenvalue weighted by molar-refractivity contribution is 9.10. The summed E-state index contributed by atoms with van der Waals surface area (Å²) in [4.78, 5) is 12.8. The van der Waals surface area contributed by atoms with E-state index in [2.05, 4.69) is 42.0 Å². The molecule has 0 aliphatic heterocycles. The van der Waals surface area contributed by atoms with E-state index in [0.717, 1.165) is 21.3 Å². The molecule has 5 rings (SSSR count). The van der Waals surface area contributed by atoms with Crippen molar-refractivity contribution in [1.82, 2.24) is 20.2 Å². The summed E-state index contributed by atoms with van der Waals surface area (Å²) in [6.45, 7) is 0.711. The van der Waals surface area contributed by atoms with Crippen LogP contribution in [-0.4, -0.2) is 39.7 Å². The fourth-order valence-electron chi connectivity index (χ4n) is 4.17. The van der Waals surface area contributed by atoms with Crippen LogP contribution in [-0.2, 0) is 17.9 Å². The minimum Gasteiger partial charge on any atom is -0.495 e. The second-order valence-corrected chi connectivity index (χ2v) is 12.1. The molecular weight excluding hydrogens is 699 g/mol. The number of amides is 1. The van der Waals surface area contributed by atoms with Gasteiger partial charge >= 0.3 is 0 Å². The minimum absolute atomic E-state index is 0.0301. The standard InChI is InChI=1S/C32H27BrCl2N6O3S/c1-43-29-9-5-3-7-26(29)36-18-30-38-40-32(41(30)27-15-14-24(34)16-25(27)35)45-20-31(42)39-37-17-22-6-2-4-8-28(22)44-19-21-10-12-23(33)13-11-21/h2-17,36H,18-20H2,1H3,(H,39,42)/b37-17+. The van der Waals surface area contributed by atoms with E-state index in [-0.39, 0.29) is 11.7 Å². The van der Waals surface area contributed by atoms with Crippen LogP contribution in [0.5, 0.6) is 11.5 Å². The Bertz CT molecular complexity index is 1800. The largest absolute Gasteiger partial charge is 0.495 e. The first-order valence-electron chi connectivity index (χ1n) is 13.6. The fourth-order valence-corrected chi connectivity index (χ4v) is 5.69. The molecule has 0 radical (unpaired) electrons. The average Bonchev–Trinajstić information content (AvgIpc) is 3.45. The molecule has 0 saturated carbocycles. The Morgan fingerprint density at radius 2 is 1.76 bits per heavy atom. The van der Waals surface area contributed by atoms with Gasteiger partial charge in [-0.1, -0.05) is 87.3 Å². The summed E-state index contributed by atoms with van der Waals surface area (Å²) in [5.41, 5.74) is 5.76. The lowest BCUT2D eigenvalue weighted by Crippen LogP contribution is -2.20. The number of carbonyl (C=O) groups is 1. The molecule has 0 spiro atoms. The molecule has 1 aromatic heterocycles. The first-order valence-corrected chi connectivity index (χ1v) is 16.1. The molecule has 0 atom stereocenters. The Kier molecular flexibility index (Phi) is 11.4. The second kappa shape index (κ2) is 15.8. The molecule has 1 heterocycles. The quantitative estimate of drug-likeness (QED) is 0.0726. The summed E-state index contributed by atoms with van der Waals surface area (Å²) < 4.78 is 14.2. The molecule has 0 unspecified atom stereocenters. The molecule has 45 heavy (non-hydrogen) atoms. The van der Waals surface area contributed by atoms with E-state index in [1.165, 1.54) is 11.8 Å². The first kappa shape index (κ1) is 32.4. The van der Waals surface area contributed by atoms with Crippen molar-refractivity contribution in [2.75, 3.05) is 18.2 Å². The number of hydrogen-bond donors (Lipinski definition) is 2. The number of methoxy groups -OCH3 is 1. The van der Waals surface area contributed by atoms with Gasteiger partial charge in [-0.05, 0) is 60.2 Å². The topological polar surface area (TPSA) is 103 Å². The van der Waals surface area contributed by atoms with E-state index in [9.17, 15) is 4.79 Å². The molecule has 0 aliphatic rings. The third kappa shape index (κ3) is 8.79. The van der Waals surface area contributed by atoms with Crippen LogP contribution in [0.2, 0.25) is 10.0 Å². The molecule has 230 valence electrons. The van der Waals surface area contributed by atoms with E-state index in [1.54, 1.807) is 36.1 Å². The van der Waals surface area contributed by atoms with Gasteiger partial charge in [0.25, 0.3) is 5.91 Å². The van der Waals surface area contributed by atoms with Gasteiger partial charge in [-0.3, -0.25) is 9.36 Å². The number of para-hydroxylation sites is 3. The zero-order valence-electron chi connectivity index (χ0n) is 23.9. The Morgan fingerprint density at radius 1 is 1.00 bits per heavy atom. The lowest BCUT2D eigenvalue weighted by atomic mass is 10.2. The molecule has 4 aromatic carbocycles. The predicted molar refractivity (Wildman–Crippen MR) is 183 cm³/mol. The fraction of sp³-hybridized carbons (Fsp3) is 0.125. The smallest absolute Gasteiger partial charge is 0.250 e. The van der Waals surface area contributed by atoms with Gasteiger partial charge in [0.2, 0.25) is 0 Å². The summed E-state index contributed by atoms with van der Waals surface area (Å²) >= 11 is 17.4.